The van der Waals surface area contributed by atoms with Crippen LogP contribution in [0.1, 0.15) is 49.9 Å². The van der Waals surface area contributed by atoms with Crippen LogP contribution in [-0.4, -0.2) is 21.7 Å². The number of carbonyl (C=O) groups excluding carboxylic acids is 1. The van der Waals surface area contributed by atoms with Gasteiger partial charge in [0.15, 0.2) is 5.69 Å². The van der Waals surface area contributed by atoms with Crippen LogP contribution in [0.3, 0.4) is 0 Å². The van der Waals surface area contributed by atoms with Crippen LogP contribution >= 0.6 is 0 Å². The molecular weight excluding hydrogens is 331 g/mol. The molecule has 138 valence electrons. The van der Waals surface area contributed by atoms with Crippen molar-refractivity contribution in [2.24, 2.45) is 23.7 Å². The van der Waals surface area contributed by atoms with E-state index in [0.717, 1.165) is 17.9 Å². The molecule has 5 rings (SSSR count). The smallest absolute Gasteiger partial charge is 0.353 e. The predicted molar refractivity (Wildman–Crippen MR) is 85.6 cm³/mol. The highest BCUT2D eigenvalue weighted by molar-refractivity contribution is 5.76. The zero-order valence-electron chi connectivity index (χ0n) is 14.4. The van der Waals surface area contributed by atoms with Crippen LogP contribution in [0.4, 0.5) is 13.2 Å². The van der Waals surface area contributed by atoms with E-state index >= 15 is 0 Å². The molecule has 0 unspecified atom stereocenters. The zero-order chi connectivity index (χ0) is 17.8. The van der Waals surface area contributed by atoms with Gasteiger partial charge in [-0.3, -0.25) is 9.48 Å². The van der Waals surface area contributed by atoms with Gasteiger partial charge in [-0.25, -0.2) is 0 Å². The molecule has 4 fully saturated rings. The predicted octanol–water partition coefficient (Wildman–Crippen LogP) is 3.54. The molecule has 4 nitrogen and oxygen atoms in total. The van der Waals surface area contributed by atoms with Gasteiger partial charge in [-0.15, -0.1) is 0 Å². The van der Waals surface area contributed by atoms with Crippen molar-refractivity contribution in [1.82, 2.24) is 15.1 Å². The standard InChI is InChI=1S/C18H24F3N3O/c1-10-4-15(18(19,20)21)23-24(10)3-2-16(25)22-17-13-6-11-5-12(8-13)9-14(17)7-11/h4,11-14,17H,2-3,5-9H2,1H3,(H,22,25). The van der Waals surface area contributed by atoms with Crippen LogP contribution < -0.4 is 5.32 Å². The van der Waals surface area contributed by atoms with E-state index in [0.29, 0.717) is 17.5 Å². The third-order valence-corrected chi connectivity index (χ3v) is 6.38. The molecule has 1 amide bonds. The Bertz CT molecular complexity index is 639. The van der Waals surface area contributed by atoms with Gasteiger partial charge in [-0.05, 0) is 68.8 Å². The highest BCUT2D eigenvalue weighted by atomic mass is 19.4. The lowest BCUT2D eigenvalue weighted by atomic mass is 9.54. The molecule has 1 N–H and O–H groups in total. The lowest BCUT2D eigenvalue weighted by Gasteiger charge is -2.54. The summed E-state index contributed by atoms with van der Waals surface area (Å²) < 4.78 is 39.4. The Morgan fingerprint density at radius 2 is 1.80 bits per heavy atom. The third kappa shape index (κ3) is 3.29. The number of aromatic nitrogens is 2. The number of amides is 1. The number of nitrogens with zero attached hydrogens (tertiary/aromatic N) is 2. The first-order chi connectivity index (χ1) is 11.8. The molecule has 0 aromatic carbocycles. The summed E-state index contributed by atoms with van der Waals surface area (Å²) in [7, 11) is 0. The number of halogens is 3. The fourth-order valence-corrected chi connectivity index (χ4v) is 5.50. The summed E-state index contributed by atoms with van der Waals surface area (Å²) in [5.74, 6) is 2.83. The van der Waals surface area contributed by atoms with Gasteiger partial charge in [0.1, 0.15) is 0 Å². The SMILES string of the molecule is Cc1cc(C(F)(F)F)nn1CCC(=O)NC1C2CC3CC(C2)CC1C3. The van der Waals surface area contributed by atoms with Crippen molar-refractivity contribution >= 4 is 5.91 Å². The molecule has 7 heteroatoms. The number of alkyl halides is 3. The van der Waals surface area contributed by atoms with E-state index < -0.39 is 11.9 Å². The molecule has 0 atom stereocenters. The molecule has 0 aliphatic heterocycles. The van der Waals surface area contributed by atoms with Crippen LogP contribution in [0.5, 0.6) is 0 Å². The summed E-state index contributed by atoms with van der Waals surface area (Å²) >= 11 is 0. The summed E-state index contributed by atoms with van der Waals surface area (Å²) in [6.45, 7) is 1.76. The Balaban J connectivity index is 1.33. The van der Waals surface area contributed by atoms with E-state index in [2.05, 4.69) is 10.4 Å². The molecule has 1 aromatic heterocycles. The van der Waals surface area contributed by atoms with Crippen LogP contribution in [0.15, 0.2) is 6.07 Å². The van der Waals surface area contributed by atoms with Crippen LogP contribution in [0.2, 0.25) is 0 Å². The van der Waals surface area contributed by atoms with Crippen LogP contribution in [0.25, 0.3) is 0 Å². The molecular formula is C18H24F3N3O. The second-order valence-corrected chi connectivity index (χ2v) is 8.17. The molecule has 0 radical (unpaired) electrons. The second-order valence-electron chi connectivity index (χ2n) is 8.17. The normalized spacial score (nSPS) is 33.7. The minimum atomic E-state index is -4.45. The average Bonchev–Trinajstić information content (AvgIpc) is 2.89. The minimum Gasteiger partial charge on any atom is -0.353 e. The molecule has 0 spiro atoms. The van der Waals surface area contributed by atoms with Gasteiger partial charge in [0, 0.05) is 24.7 Å². The monoisotopic (exact) mass is 355 g/mol. The third-order valence-electron chi connectivity index (χ3n) is 6.38. The van der Waals surface area contributed by atoms with Gasteiger partial charge < -0.3 is 5.32 Å². The first-order valence-electron chi connectivity index (χ1n) is 9.20. The first kappa shape index (κ1) is 16.9. The number of nitrogens with one attached hydrogen (secondary N) is 1. The van der Waals surface area contributed by atoms with Crippen molar-refractivity contribution in [3.63, 3.8) is 0 Å². The molecule has 1 aromatic rings. The molecule has 4 saturated carbocycles. The summed E-state index contributed by atoms with van der Waals surface area (Å²) in [6.07, 6.45) is 2.00. The van der Waals surface area contributed by atoms with E-state index in [-0.39, 0.29) is 24.9 Å². The highest BCUT2D eigenvalue weighted by Crippen LogP contribution is 2.53. The maximum absolute atomic E-state index is 12.7. The van der Waals surface area contributed by atoms with Gasteiger partial charge >= 0.3 is 6.18 Å². The van der Waals surface area contributed by atoms with Crippen molar-refractivity contribution < 1.29 is 18.0 Å². The lowest BCUT2D eigenvalue weighted by Crippen LogP contribution is -2.55. The van der Waals surface area contributed by atoms with E-state index in [4.69, 9.17) is 0 Å². The molecule has 0 saturated heterocycles. The number of aryl methyl sites for hydroxylation is 2. The Morgan fingerprint density at radius 3 is 2.32 bits per heavy atom. The number of carbonyl (C=O) groups is 1. The van der Waals surface area contributed by atoms with Gasteiger partial charge in [-0.2, -0.15) is 18.3 Å². The molecule has 25 heavy (non-hydrogen) atoms. The van der Waals surface area contributed by atoms with Crippen molar-refractivity contribution in [2.45, 2.75) is 64.2 Å². The summed E-state index contributed by atoms with van der Waals surface area (Å²) in [5.41, 5.74) is -0.471. The molecule has 4 bridgehead atoms. The quantitative estimate of drug-likeness (QED) is 0.898. The van der Waals surface area contributed by atoms with E-state index in [1.54, 1.807) is 6.92 Å². The van der Waals surface area contributed by atoms with Gasteiger partial charge in [0.05, 0.1) is 0 Å². The maximum Gasteiger partial charge on any atom is 0.435 e. The number of rotatable bonds is 4. The Hall–Kier alpha value is -1.53. The molecule has 4 aliphatic rings. The Labute approximate surface area is 145 Å². The van der Waals surface area contributed by atoms with Crippen LogP contribution in [0, 0.1) is 30.6 Å². The topological polar surface area (TPSA) is 46.9 Å². The van der Waals surface area contributed by atoms with Crippen LogP contribution in [-0.2, 0) is 17.5 Å². The Kier molecular flexibility index (Phi) is 4.07. The fourth-order valence-electron chi connectivity index (χ4n) is 5.50. The molecule has 1 heterocycles. The second kappa shape index (κ2) is 6.02. The zero-order valence-corrected chi connectivity index (χ0v) is 14.4. The largest absolute Gasteiger partial charge is 0.435 e. The summed E-state index contributed by atoms with van der Waals surface area (Å²) in [6, 6.07) is 1.29. The number of hydrogen-bond acceptors (Lipinski definition) is 2. The van der Waals surface area contributed by atoms with Crippen molar-refractivity contribution in [1.29, 1.82) is 0 Å². The van der Waals surface area contributed by atoms with E-state index in [9.17, 15) is 18.0 Å². The first-order valence-corrected chi connectivity index (χ1v) is 9.20. The summed E-state index contributed by atoms with van der Waals surface area (Å²) in [4.78, 5) is 12.3. The van der Waals surface area contributed by atoms with Crippen molar-refractivity contribution in [3.05, 3.63) is 17.5 Å². The molecule has 4 aliphatic carbocycles. The minimum absolute atomic E-state index is 0.0686. The average molecular weight is 355 g/mol. The number of hydrogen-bond donors (Lipinski definition) is 1. The Morgan fingerprint density at radius 1 is 1.20 bits per heavy atom. The highest BCUT2D eigenvalue weighted by Gasteiger charge is 2.48. The van der Waals surface area contributed by atoms with Gasteiger partial charge in [0.25, 0.3) is 0 Å². The van der Waals surface area contributed by atoms with E-state index in [1.807, 2.05) is 0 Å². The lowest BCUT2D eigenvalue weighted by molar-refractivity contribution is -0.141. The maximum atomic E-state index is 12.7. The van der Waals surface area contributed by atoms with Crippen molar-refractivity contribution in [3.8, 4) is 0 Å². The summed E-state index contributed by atoms with van der Waals surface area (Å²) in [5, 5.41) is 6.77. The van der Waals surface area contributed by atoms with Gasteiger partial charge in [0.2, 0.25) is 5.91 Å². The fraction of sp³-hybridized carbons (Fsp3) is 0.778. The van der Waals surface area contributed by atoms with E-state index in [1.165, 1.54) is 36.8 Å². The van der Waals surface area contributed by atoms with Gasteiger partial charge in [-0.1, -0.05) is 0 Å². The van der Waals surface area contributed by atoms with Crippen molar-refractivity contribution in [2.75, 3.05) is 0 Å².